The Hall–Kier alpha value is -2.57. The summed E-state index contributed by atoms with van der Waals surface area (Å²) in [5.41, 5.74) is 0.205. The quantitative estimate of drug-likeness (QED) is 0.861. The number of hydrogen-bond donors (Lipinski definition) is 1. The van der Waals surface area contributed by atoms with Crippen molar-refractivity contribution >= 4 is 17.8 Å². The van der Waals surface area contributed by atoms with Crippen LogP contribution in [0.1, 0.15) is 37.6 Å². The number of nitrogens with one attached hydrogen (secondary N) is 1. The van der Waals surface area contributed by atoms with Crippen molar-refractivity contribution in [1.29, 1.82) is 0 Å². The van der Waals surface area contributed by atoms with Crippen LogP contribution < -0.4 is 5.32 Å². The molecule has 28 heavy (non-hydrogen) atoms. The minimum atomic E-state index is -0.428. The van der Waals surface area contributed by atoms with Crippen LogP contribution in [0, 0.1) is 5.41 Å². The number of benzene rings is 1. The molecule has 1 N–H and O–H groups in total. The van der Waals surface area contributed by atoms with Crippen LogP contribution in [0.4, 0.5) is 4.79 Å². The third-order valence-corrected chi connectivity index (χ3v) is 5.49. The summed E-state index contributed by atoms with van der Waals surface area (Å²) >= 11 is 0. The third-order valence-electron chi connectivity index (χ3n) is 5.49. The number of nitrogens with zero attached hydrogens (tertiary/aromatic N) is 3. The molecule has 2 aliphatic rings. The molecule has 3 rings (SSSR count). The number of hydrogen-bond acceptors (Lipinski definition) is 3. The van der Waals surface area contributed by atoms with Crippen molar-refractivity contribution in [3.63, 3.8) is 0 Å². The maximum atomic E-state index is 13.1. The van der Waals surface area contributed by atoms with Crippen LogP contribution in [0.25, 0.3) is 0 Å². The Bertz CT molecular complexity index is 736. The predicted octanol–water partition coefficient (Wildman–Crippen LogP) is 1.80. The molecule has 0 aromatic heterocycles. The predicted molar refractivity (Wildman–Crippen MR) is 107 cm³/mol. The molecule has 1 spiro atoms. The van der Waals surface area contributed by atoms with Gasteiger partial charge in [-0.2, -0.15) is 0 Å². The molecule has 4 amide bonds. The summed E-state index contributed by atoms with van der Waals surface area (Å²) < 4.78 is 0. The molecule has 0 radical (unpaired) electrons. The van der Waals surface area contributed by atoms with Crippen LogP contribution in [-0.4, -0.2) is 77.9 Å². The molecule has 7 heteroatoms. The standard InChI is InChI=1S/C21H30N4O3/c1-4-23-13-21(12-18(23)26)14-24(19(27)17-8-6-5-7-9-17)10-11-25(15-21)20(28)22-16(2)3/h5-9,16H,4,10-15H2,1-3H3,(H,22,28)/t21-/m1/s1. The third kappa shape index (κ3) is 4.29. The maximum absolute atomic E-state index is 13.1. The first kappa shape index (κ1) is 20.2. The van der Waals surface area contributed by atoms with Gasteiger partial charge in [0.2, 0.25) is 5.91 Å². The van der Waals surface area contributed by atoms with E-state index < -0.39 is 5.41 Å². The van der Waals surface area contributed by atoms with E-state index in [-0.39, 0.29) is 23.9 Å². The lowest BCUT2D eigenvalue weighted by atomic mass is 9.85. The molecule has 0 aliphatic carbocycles. The van der Waals surface area contributed by atoms with Gasteiger partial charge in [0.1, 0.15) is 0 Å². The summed E-state index contributed by atoms with van der Waals surface area (Å²) in [5.74, 6) is 0.0502. The van der Waals surface area contributed by atoms with Crippen molar-refractivity contribution in [2.45, 2.75) is 33.2 Å². The molecule has 0 bridgehead atoms. The Kier molecular flexibility index (Phi) is 5.91. The van der Waals surface area contributed by atoms with E-state index in [0.717, 1.165) is 0 Å². The van der Waals surface area contributed by atoms with Gasteiger partial charge in [0.25, 0.3) is 5.91 Å². The summed E-state index contributed by atoms with van der Waals surface area (Å²) in [7, 11) is 0. The van der Waals surface area contributed by atoms with Crippen molar-refractivity contribution in [3.05, 3.63) is 35.9 Å². The second kappa shape index (κ2) is 8.20. The molecule has 152 valence electrons. The van der Waals surface area contributed by atoms with Gasteiger partial charge in [-0.1, -0.05) is 18.2 Å². The number of urea groups is 1. The van der Waals surface area contributed by atoms with Crippen LogP contribution in [-0.2, 0) is 4.79 Å². The second-order valence-corrected chi connectivity index (χ2v) is 8.20. The highest BCUT2D eigenvalue weighted by Crippen LogP contribution is 2.35. The largest absolute Gasteiger partial charge is 0.342 e. The molecule has 1 aromatic rings. The molecule has 2 fully saturated rings. The smallest absolute Gasteiger partial charge is 0.317 e. The summed E-state index contributed by atoms with van der Waals surface area (Å²) in [6, 6.07) is 9.09. The first-order chi connectivity index (χ1) is 13.3. The average Bonchev–Trinajstić information content (AvgIpc) is 2.86. The van der Waals surface area contributed by atoms with Crippen LogP contribution in [0.3, 0.4) is 0 Å². The molecule has 1 aromatic carbocycles. The van der Waals surface area contributed by atoms with E-state index in [9.17, 15) is 14.4 Å². The van der Waals surface area contributed by atoms with E-state index >= 15 is 0 Å². The van der Waals surface area contributed by atoms with Gasteiger partial charge in [-0.3, -0.25) is 9.59 Å². The van der Waals surface area contributed by atoms with Crippen molar-refractivity contribution in [2.75, 3.05) is 39.3 Å². The number of likely N-dealkylation sites (tertiary alicyclic amines) is 1. The minimum absolute atomic E-state index is 0.0334. The van der Waals surface area contributed by atoms with Crippen molar-refractivity contribution in [3.8, 4) is 0 Å². The summed E-state index contributed by atoms with van der Waals surface area (Å²) in [6.07, 6.45) is 0.366. The lowest BCUT2D eigenvalue weighted by molar-refractivity contribution is -0.127. The average molecular weight is 386 g/mol. The normalized spacial score (nSPS) is 22.7. The number of carbonyl (C=O) groups excluding carboxylic acids is 3. The summed E-state index contributed by atoms with van der Waals surface area (Å²) in [6.45, 7) is 8.91. The van der Waals surface area contributed by atoms with Crippen molar-refractivity contribution in [1.82, 2.24) is 20.0 Å². The first-order valence-electron chi connectivity index (χ1n) is 10.0. The fraction of sp³-hybridized carbons (Fsp3) is 0.571. The van der Waals surface area contributed by atoms with Gasteiger partial charge in [-0.25, -0.2) is 4.79 Å². The SMILES string of the molecule is CCN1C[C@@]2(CC1=O)CN(C(=O)NC(C)C)CCN(C(=O)c1ccccc1)C2. The Morgan fingerprint density at radius 1 is 1.07 bits per heavy atom. The number of carbonyl (C=O) groups is 3. The fourth-order valence-corrected chi connectivity index (χ4v) is 4.19. The minimum Gasteiger partial charge on any atom is -0.342 e. The van der Waals surface area contributed by atoms with E-state index in [2.05, 4.69) is 5.32 Å². The van der Waals surface area contributed by atoms with E-state index in [1.54, 1.807) is 17.0 Å². The van der Waals surface area contributed by atoms with E-state index in [4.69, 9.17) is 0 Å². The summed E-state index contributed by atoms with van der Waals surface area (Å²) in [5, 5.41) is 2.94. The number of rotatable bonds is 3. The van der Waals surface area contributed by atoms with Crippen LogP contribution in [0.15, 0.2) is 30.3 Å². The highest BCUT2D eigenvalue weighted by molar-refractivity contribution is 5.94. The zero-order valence-corrected chi connectivity index (χ0v) is 17.0. The lowest BCUT2D eigenvalue weighted by Crippen LogP contribution is -2.49. The second-order valence-electron chi connectivity index (χ2n) is 8.20. The zero-order valence-electron chi connectivity index (χ0n) is 17.0. The maximum Gasteiger partial charge on any atom is 0.317 e. The lowest BCUT2D eigenvalue weighted by Gasteiger charge is -2.33. The Balaban J connectivity index is 1.86. The van der Waals surface area contributed by atoms with E-state index in [1.807, 2.05) is 48.8 Å². The van der Waals surface area contributed by atoms with Crippen molar-refractivity contribution < 1.29 is 14.4 Å². The van der Waals surface area contributed by atoms with Gasteiger partial charge < -0.3 is 20.0 Å². The molecule has 0 unspecified atom stereocenters. The fourth-order valence-electron chi connectivity index (χ4n) is 4.19. The summed E-state index contributed by atoms with van der Waals surface area (Å²) in [4.78, 5) is 43.7. The molecule has 1 atom stereocenters. The highest BCUT2D eigenvalue weighted by atomic mass is 16.2. The molecular weight excluding hydrogens is 356 g/mol. The molecule has 2 heterocycles. The molecular formula is C21H30N4O3. The van der Waals surface area contributed by atoms with Gasteiger partial charge in [0.15, 0.2) is 0 Å². The van der Waals surface area contributed by atoms with E-state index in [0.29, 0.717) is 51.3 Å². The molecule has 0 saturated carbocycles. The number of amides is 4. The van der Waals surface area contributed by atoms with Crippen molar-refractivity contribution in [2.24, 2.45) is 5.41 Å². The van der Waals surface area contributed by atoms with Gasteiger partial charge in [0, 0.05) is 62.7 Å². The molecule has 2 saturated heterocycles. The van der Waals surface area contributed by atoms with Crippen LogP contribution >= 0.6 is 0 Å². The molecule has 2 aliphatic heterocycles. The Morgan fingerprint density at radius 2 is 1.71 bits per heavy atom. The monoisotopic (exact) mass is 386 g/mol. The topological polar surface area (TPSA) is 73.0 Å². The molecule has 7 nitrogen and oxygen atoms in total. The van der Waals surface area contributed by atoms with Crippen LogP contribution in [0.2, 0.25) is 0 Å². The Labute approximate surface area is 166 Å². The van der Waals surface area contributed by atoms with Gasteiger partial charge in [0.05, 0.1) is 0 Å². The van der Waals surface area contributed by atoms with Gasteiger partial charge in [-0.05, 0) is 32.9 Å². The van der Waals surface area contributed by atoms with Crippen LogP contribution in [0.5, 0.6) is 0 Å². The Morgan fingerprint density at radius 3 is 2.32 bits per heavy atom. The van der Waals surface area contributed by atoms with Gasteiger partial charge in [-0.15, -0.1) is 0 Å². The van der Waals surface area contributed by atoms with E-state index in [1.165, 1.54) is 0 Å². The van der Waals surface area contributed by atoms with Gasteiger partial charge >= 0.3 is 6.03 Å². The first-order valence-corrected chi connectivity index (χ1v) is 10.0. The zero-order chi connectivity index (χ0) is 20.3. The highest BCUT2D eigenvalue weighted by Gasteiger charge is 2.47.